The van der Waals surface area contributed by atoms with E-state index in [1.807, 2.05) is 4.90 Å². The van der Waals surface area contributed by atoms with Gasteiger partial charge in [0, 0.05) is 32.9 Å². The molecule has 0 saturated carbocycles. The Morgan fingerprint density at radius 1 is 1.24 bits per heavy atom. The quantitative estimate of drug-likeness (QED) is 0.822. The predicted octanol–water partition coefficient (Wildman–Crippen LogP) is 2.46. The van der Waals surface area contributed by atoms with Crippen molar-refractivity contribution in [1.82, 2.24) is 4.90 Å². The first-order chi connectivity index (χ1) is 11.8. The molecule has 1 aromatic carbocycles. The lowest BCUT2D eigenvalue weighted by atomic mass is 9.64. The van der Waals surface area contributed by atoms with Crippen LogP contribution in [0.3, 0.4) is 0 Å². The minimum atomic E-state index is -3.10. The third-order valence-corrected chi connectivity index (χ3v) is 6.75. The number of sulfone groups is 1. The number of carbonyl (C=O) groups excluding carboxylic acids is 1. The van der Waals surface area contributed by atoms with Gasteiger partial charge in [-0.2, -0.15) is 0 Å². The van der Waals surface area contributed by atoms with Crippen LogP contribution in [0.5, 0.6) is 0 Å². The van der Waals surface area contributed by atoms with Gasteiger partial charge in [0.1, 0.15) is 9.84 Å². The summed E-state index contributed by atoms with van der Waals surface area (Å²) < 4.78 is 28.2. The van der Waals surface area contributed by atoms with Gasteiger partial charge in [0.2, 0.25) is 5.91 Å². The molecule has 1 aromatic rings. The molecule has 1 aliphatic heterocycles. The Morgan fingerprint density at radius 3 is 2.56 bits per heavy atom. The smallest absolute Gasteiger partial charge is 0.223 e. The van der Waals surface area contributed by atoms with Gasteiger partial charge >= 0.3 is 0 Å². The molecule has 1 unspecified atom stereocenters. The normalized spacial score (nSPS) is 22.6. The van der Waals surface area contributed by atoms with Crippen LogP contribution in [0, 0.1) is 0 Å². The Kier molecular flexibility index (Phi) is 5.21. The number of ether oxygens (including phenoxy) is 1. The van der Waals surface area contributed by atoms with Crippen LogP contribution < -0.4 is 0 Å². The summed E-state index contributed by atoms with van der Waals surface area (Å²) in [6.45, 7) is 1.41. The van der Waals surface area contributed by atoms with Crippen molar-refractivity contribution < 1.29 is 17.9 Å². The number of piperidine rings is 1. The Labute approximate surface area is 150 Å². The van der Waals surface area contributed by atoms with Crippen LogP contribution in [0.25, 0.3) is 0 Å². The Morgan fingerprint density at radius 2 is 1.92 bits per heavy atom. The molecule has 0 N–H and O–H groups in total. The molecule has 25 heavy (non-hydrogen) atoms. The van der Waals surface area contributed by atoms with E-state index < -0.39 is 9.84 Å². The molecular formula is C19H27NO4S. The summed E-state index contributed by atoms with van der Waals surface area (Å²) in [5.74, 6) is -0.106. The highest BCUT2D eigenvalue weighted by molar-refractivity contribution is 7.90. The number of hydrogen-bond donors (Lipinski definition) is 0. The fourth-order valence-electron chi connectivity index (χ4n) is 4.34. The van der Waals surface area contributed by atoms with E-state index in [1.165, 1.54) is 17.4 Å². The van der Waals surface area contributed by atoms with E-state index in [2.05, 4.69) is 24.3 Å². The molecule has 138 valence electrons. The number of carbonyl (C=O) groups is 1. The summed E-state index contributed by atoms with van der Waals surface area (Å²) >= 11 is 0. The van der Waals surface area contributed by atoms with Gasteiger partial charge in [-0.3, -0.25) is 4.79 Å². The van der Waals surface area contributed by atoms with E-state index in [0.29, 0.717) is 13.1 Å². The summed E-state index contributed by atoms with van der Waals surface area (Å²) in [4.78, 5) is 14.1. The number of methoxy groups -OCH3 is 1. The van der Waals surface area contributed by atoms with Crippen molar-refractivity contribution in [3.8, 4) is 0 Å². The summed E-state index contributed by atoms with van der Waals surface area (Å²) in [6.07, 6.45) is 5.39. The van der Waals surface area contributed by atoms with Gasteiger partial charge in [-0.15, -0.1) is 0 Å². The molecule has 1 spiro atoms. The lowest BCUT2D eigenvalue weighted by Gasteiger charge is -2.47. The van der Waals surface area contributed by atoms with Crippen LogP contribution >= 0.6 is 0 Å². The number of hydrogen-bond acceptors (Lipinski definition) is 4. The number of nitrogens with zero attached hydrogens (tertiary/aromatic N) is 1. The Hall–Kier alpha value is -1.40. The number of benzene rings is 1. The second-order valence-electron chi connectivity index (χ2n) is 7.39. The van der Waals surface area contributed by atoms with Gasteiger partial charge in [-0.1, -0.05) is 24.3 Å². The minimum absolute atomic E-state index is 0.0425. The number of fused-ring (bicyclic) bond motifs is 2. The van der Waals surface area contributed by atoms with Crippen LogP contribution in [-0.4, -0.2) is 51.4 Å². The van der Waals surface area contributed by atoms with E-state index in [0.717, 1.165) is 25.7 Å². The van der Waals surface area contributed by atoms with Crippen molar-refractivity contribution in [1.29, 1.82) is 0 Å². The molecule has 1 aliphatic carbocycles. The lowest BCUT2D eigenvalue weighted by molar-refractivity contribution is -0.132. The van der Waals surface area contributed by atoms with Crippen molar-refractivity contribution in [3.63, 3.8) is 0 Å². The summed E-state index contributed by atoms with van der Waals surface area (Å²) in [5.41, 5.74) is 2.78. The van der Waals surface area contributed by atoms with Gasteiger partial charge in [0.05, 0.1) is 11.9 Å². The van der Waals surface area contributed by atoms with E-state index in [4.69, 9.17) is 4.74 Å². The second kappa shape index (κ2) is 7.08. The SMILES string of the molecule is COC1CCC2(CCN(C(=O)CCS(C)(=O)=O)CC2)c2ccccc21. The minimum Gasteiger partial charge on any atom is -0.377 e. The lowest BCUT2D eigenvalue weighted by Crippen LogP contribution is -2.47. The van der Waals surface area contributed by atoms with E-state index in [9.17, 15) is 13.2 Å². The van der Waals surface area contributed by atoms with Crippen molar-refractivity contribution in [3.05, 3.63) is 35.4 Å². The predicted molar refractivity (Wildman–Crippen MR) is 97.2 cm³/mol. The third kappa shape index (κ3) is 3.90. The number of amides is 1. The average Bonchev–Trinajstić information content (AvgIpc) is 2.60. The van der Waals surface area contributed by atoms with Crippen LogP contribution in [0.2, 0.25) is 0 Å². The van der Waals surface area contributed by atoms with Gasteiger partial charge in [0.15, 0.2) is 0 Å². The van der Waals surface area contributed by atoms with Crippen LogP contribution in [0.4, 0.5) is 0 Å². The van der Waals surface area contributed by atoms with E-state index in [1.54, 1.807) is 7.11 Å². The van der Waals surface area contributed by atoms with Crippen molar-refractivity contribution in [2.75, 3.05) is 32.2 Å². The molecule has 5 nitrogen and oxygen atoms in total. The molecule has 3 rings (SSSR count). The Balaban J connectivity index is 1.70. The molecule has 2 aliphatic rings. The van der Waals surface area contributed by atoms with Crippen LogP contribution in [0.15, 0.2) is 24.3 Å². The molecule has 1 fully saturated rings. The molecular weight excluding hydrogens is 338 g/mol. The molecule has 6 heteroatoms. The van der Waals surface area contributed by atoms with Crippen molar-refractivity contribution in [2.24, 2.45) is 0 Å². The average molecular weight is 365 g/mol. The van der Waals surface area contributed by atoms with Crippen molar-refractivity contribution in [2.45, 2.75) is 43.6 Å². The highest BCUT2D eigenvalue weighted by Crippen LogP contribution is 2.48. The highest BCUT2D eigenvalue weighted by atomic mass is 32.2. The highest BCUT2D eigenvalue weighted by Gasteiger charge is 2.42. The maximum absolute atomic E-state index is 12.3. The fraction of sp³-hybridized carbons (Fsp3) is 0.632. The first-order valence-corrected chi connectivity index (χ1v) is 11.0. The second-order valence-corrected chi connectivity index (χ2v) is 9.65. The molecule has 0 radical (unpaired) electrons. The molecule has 0 aromatic heterocycles. The topological polar surface area (TPSA) is 63.7 Å². The van der Waals surface area contributed by atoms with Crippen LogP contribution in [-0.2, 0) is 24.8 Å². The molecule has 1 saturated heterocycles. The third-order valence-electron chi connectivity index (χ3n) is 5.81. The van der Waals surface area contributed by atoms with E-state index >= 15 is 0 Å². The molecule has 1 amide bonds. The Bertz CT molecular complexity index is 736. The standard InChI is InChI=1S/C19H27NO4S/c1-24-17-7-9-19(16-6-4-3-5-15(16)17)10-12-20(13-11-19)18(21)8-14-25(2,22)23/h3-6,17H,7-14H2,1-2H3. The first kappa shape index (κ1) is 18.4. The number of rotatable bonds is 4. The van der Waals surface area contributed by atoms with Gasteiger partial charge < -0.3 is 9.64 Å². The summed E-state index contributed by atoms with van der Waals surface area (Å²) in [6, 6.07) is 8.52. The van der Waals surface area contributed by atoms with Gasteiger partial charge in [-0.05, 0) is 42.2 Å². The summed E-state index contributed by atoms with van der Waals surface area (Å²) in [7, 11) is -1.33. The maximum Gasteiger partial charge on any atom is 0.223 e. The van der Waals surface area contributed by atoms with Gasteiger partial charge in [0.25, 0.3) is 0 Å². The molecule has 0 bridgehead atoms. The fourth-order valence-corrected chi connectivity index (χ4v) is 4.88. The summed E-state index contributed by atoms with van der Waals surface area (Å²) in [5, 5.41) is 0. The zero-order valence-corrected chi connectivity index (χ0v) is 15.8. The van der Waals surface area contributed by atoms with Crippen LogP contribution in [0.1, 0.15) is 49.3 Å². The number of likely N-dealkylation sites (tertiary alicyclic amines) is 1. The van der Waals surface area contributed by atoms with E-state index in [-0.39, 0.29) is 29.6 Å². The maximum atomic E-state index is 12.3. The monoisotopic (exact) mass is 365 g/mol. The zero-order valence-electron chi connectivity index (χ0n) is 15.0. The zero-order chi connectivity index (χ0) is 18.1. The largest absolute Gasteiger partial charge is 0.377 e. The molecule has 1 atom stereocenters. The van der Waals surface area contributed by atoms with Gasteiger partial charge in [-0.25, -0.2) is 8.42 Å². The first-order valence-electron chi connectivity index (χ1n) is 8.92. The molecule has 1 heterocycles. The van der Waals surface area contributed by atoms with Crippen molar-refractivity contribution >= 4 is 15.7 Å².